The minimum atomic E-state index is -4.54. The molecule has 2 aliphatic heterocycles. The van der Waals surface area contributed by atoms with Gasteiger partial charge < -0.3 is 14.5 Å². The molecule has 190 valence electrons. The second-order valence-corrected chi connectivity index (χ2v) is 9.68. The third-order valence-electron chi connectivity index (χ3n) is 6.88. The second-order valence-electron chi connectivity index (χ2n) is 9.24. The number of amides is 2. The number of benzene rings is 2. The number of alkyl halides is 3. The van der Waals surface area contributed by atoms with Crippen molar-refractivity contribution >= 4 is 34.6 Å². The number of ether oxygens (including phenoxy) is 1. The van der Waals surface area contributed by atoms with Gasteiger partial charge in [-0.15, -0.1) is 5.10 Å². The molecule has 1 aromatic heterocycles. The van der Waals surface area contributed by atoms with Gasteiger partial charge in [0.15, 0.2) is 0 Å². The zero-order valence-electron chi connectivity index (χ0n) is 19.1. The number of nitrogens with one attached hydrogen (secondary N) is 1. The summed E-state index contributed by atoms with van der Waals surface area (Å²) in [5.41, 5.74) is 1.25. The van der Waals surface area contributed by atoms with E-state index < -0.39 is 17.8 Å². The molecule has 0 radical (unpaired) electrons. The molecule has 3 heterocycles. The first-order valence-electron chi connectivity index (χ1n) is 11.6. The average molecular weight is 522 g/mol. The molecule has 2 fully saturated rings. The van der Waals surface area contributed by atoms with Crippen molar-refractivity contribution in [2.45, 2.75) is 25.6 Å². The van der Waals surface area contributed by atoms with Gasteiger partial charge in [0.2, 0.25) is 0 Å². The highest BCUT2D eigenvalue weighted by Crippen LogP contribution is 2.34. The lowest BCUT2D eigenvalue weighted by molar-refractivity contribution is -0.137. The molecule has 1 N–H and O–H groups in total. The summed E-state index contributed by atoms with van der Waals surface area (Å²) in [6, 6.07) is 8.38. The number of hydrogen-bond acceptors (Lipinski definition) is 5. The highest BCUT2D eigenvalue weighted by Gasteiger charge is 2.38. The van der Waals surface area contributed by atoms with Gasteiger partial charge in [-0.1, -0.05) is 16.8 Å². The third-order valence-corrected chi connectivity index (χ3v) is 7.10. The molecule has 2 aliphatic rings. The molecule has 0 saturated carbocycles. The second kappa shape index (κ2) is 9.61. The van der Waals surface area contributed by atoms with Crippen molar-refractivity contribution < 1.29 is 27.5 Å². The topological polar surface area (TPSA) is 91.4 Å². The molecule has 36 heavy (non-hydrogen) atoms. The van der Waals surface area contributed by atoms with E-state index in [1.807, 2.05) is 4.90 Å². The van der Waals surface area contributed by atoms with Crippen LogP contribution in [0.4, 0.5) is 18.0 Å². The number of aromatic nitrogens is 3. The van der Waals surface area contributed by atoms with Crippen LogP contribution >= 0.6 is 11.6 Å². The molecule has 0 aliphatic carbocycles. The minimum Gasteiger partial charge on any atom is -0.445 e. The predicted octanol–water partition coefficient (Wildman–Crippen LogP) is 4.75. The van der Waals surface area contributed by atoms with E-state index in [4.69, 9.17) is 16.3 Å². The van der Waals surface area contributed by atoms with Crippen LogP contribution in [0.1, 0.15) is 34.3 Å². The summed E-state index contributed by atoms with van der Waals surface area (Å²) in [6.07, 6.45) is -3.69. The van der Waals surface area contributed by atoms with E-state index in [0.717, 1.165) is 17.6 Å². The maximum absolute atomic E-state index is 13.0. The van der Waals surface area contributed by atoms with Gasteiger partial charge in [0.05, 0.1) is 11.1 Å². The molecule has 2 atom stereocenters. The maximum Gasteiger partial charge on any atom is 0.416 e. The number of fused-ring (bicyclic) bond motifs is 2. The molecule has 0 bridgehead atoms. The minimum absolute atomic E-state index is 0.0519. The van der Waals surface area contributed by atoms with Gasteiger partial charge in [-0.3, -0.25) is 9.89 Å². The third kappa shape index (κ3) is 5.11. The molecule has 2 saturated heterocycles. The Hall–Kier alpha value is -3.34. The van der Waals surface area contributed by atoms with Crippen molar-refractivity contribution in [3.63, 3.8) is 0 Å². The molecule has 3 aromatic rings. The largest absolute Gasteiger partial charge is 0.445 e. The van der Waals surface area contributed by atoms with Crippen LogP contribution in [-0.2, 0) is 17.5 Å². The van der Waals surface area contributed by atoms with Gasteiger partial charge in [-0.25, -0.2) is 4.79 Å². The normalized spacial score (nSPS) is 20.3. The Morgan fingerprint density at radius 2 is 1.78 bits per heavy atom. The lowest BCUT2D eigenvalue weighted by Gasteiger charge is -2.22. The monoisotopic (exact) mass is 521 g/mol. The van der Waals surface area contributed by atoms with E-state index in [9.17, 15) is 22.8 Å². The molecule has 2 aromatic carbocycles. The number of aromatic amines is 1. The van der Waals surface area contributed by atoms with Gasteiger partial charge in [-0.05, 0) is 66.6 Å². The molecule has 12 heteroatoms. The molecular formula is C24H23ClF3N5O3. The predicted molar refractivity (Wildman–Crippen MR) is 124 cm³/mol. The van der Waals surface area contributed by atoms with Gasteiger partial charge in [0.25, 0.3) is 5.91 Å². The Kier molecular flexibility index (Phi) is 6.50. The van der Waals surface area contributed by atoms with Crippen molar-refractivity contribution in [1.29, 1.82) is 0 Å². The quantitative estimate of drug-likeness (QED) is 0.537. The first-order valence-corrected chi connectivity index (χ1v) is 11.9. The number of carbonyl (C=O) groups is 2. The number of H-pyrrole nitrogens is 1. The SMILES string of the molecule is O=C(OCc1cc(Cl)cc(C(F)(F)F)c1)N1CC[C@@H]2CN(C(=O)c3ccc4[nH]nnc4c3)C[C@@H]2CC1. The molecule has 0 spiro atoms. The Bertz CT molecular complexity index is 1280. The van der Waals surface area contributed by atoms with Crippen molar-refractivity contribution in [2.24, 2.45) is 11.8 Å². The van der Waals surface area contributed by atoms with Gasteiger partial charge in [-0.2, -0.15) is 13.2 Å². The van der Waals surface area contributed by atoms with Gasteiger partial charge in [0, 0.05) is 36.8 Å². The Labute approximate surface area is 209 Å². The van der Waals surface area contributed by atoms with Crippen molar-refractivity contribution in [3.05, 3.63) is 58.1 Å². The van der Waals surface area contributed by atoms with Crippen molar-refractivity contribution in [3.8, 4) is 0 Å². The molecular weight excluding hydrogens is 499 g/mol. The fraction of sp³-hybridized carbons (Fsp3) is 0.417. The summed E-state index contributed by atoms with van der Waals surface area (Å²) in [7, 11) is 0. The number of halogens is 4. The van der Waals surface area contributed by atoms with Crippen LogP contribution in [-0.4, -0.2) is 63.4 Å². The van der Waals surface area contributed by atoms with Crippen LogP contribution in [0.2, 0.25) is 5.02 Å². The zero-order valence-corrected chi connectivity index (χ0v) is 19.8. The molecule has 0 unspecified atom stereocenters. The average Bonchev–Trinajstić information content (AvgIpc) is 3.43. The van der Waals surface area contributed by atoms with Crippen molar-refractivity contribution in [2.75, 3.05) is 26.2 Å². The fourth-order valence-electron chi connectivity index (χ4n) is 4.99. The number of carbonyl (C=O) groups excluding carboxylic acids is 2. The Morgan fingerprint density at radius 1 is 1.06 bits per heavy atom. The summed E-state index contributed by atoms with van der Waals surface area (Å²) in [5.74, 6) is 0.457. The zero-order chi connectivity index (χ0) is 25.4. The highest BCUT2D eigenvalue weighted by molar-refractivity contribution is 6.30. The van der Waals surface area contributed by atoms with Gasteiger partial charge in [0.1, 0.15) is 12.1 Å². The number of rotatable bonds is 3. The van der Waals surface area contributed by atoms with E-state index in [0.29, 0.717) is 50.1 Å². The van der Waals surface area contributed by atoms with Crippen LogP contribution in [0, 0.1) is 11.8 Å². The van der Waals surface area contributed by atoms with Crippen LogP contribution in [0.3, 0.4) is 0 Å². The number of hydrogen-bond donors (Lipinski definition) is 1. The fourth-order valence-corrected chi connectivity index (χ4v) is 5.25. The van der Waals surface area contributed by atoms with E-state index in [1.165, 1.54) is 6.07 Å². The van der Waals surface area contributed by atoms with Crippen LogP contribution < -0.4 is 0 Å². The van der Waals surface area contributed by atoms with E-state index in [1.54, 1.807) is 23.1 Å². The summed E-state index contributed by atoms with van der Waals surface area (Å²) in [4.78, 5) is 29.1. The van der Waals surface area contributed by atoms with E-state index in [-0.39, 0.29) is 34.9 Å². The molecule has 5 rings (SSSR count). The number of nitrogens with zero attached hydrogens (tertiary/aromatic N) is 4. The summed E-state index contributed by atoms with van der Waals surface area (Å²) in [5, 5.41) is 10.4. The lowest BCUT2D eigenvalue weighted by Crippen LogP contribution is -2.34. The Morgan fingerprint density at radius 3 is 2.47 bits per heavy atom. The summed E-state index contributed by atoms with van der Waals surface area (Å²) >= 11 is 5.80. The van der Waals surface area contributed by atoms with E-state index >= 15 is 0 Å². The van der Waals surface area contributed by atoms with Gasteiger partial charge >= 0.3 is 12.3 Å². The lowest BCUT2D eigenvalue weighted by atomic mass is 9.92. The highest BCUT2D eigenvalue weighted by atomic mass is 35.5. The molecule has 2 amide bonds. The number of likely N-dealkylation sites (tertiary alicyclic amines) is 2. The maximum atomic E-state index is 13.0. The summed E-state index contributed by atoms with van der Waals surface area (Å²) in [6.45, 7) is 1.81. The summed E-state index contributed by atoms with van der Waals surface area (Å²) < 4.78 is 44.3. The smallest absolute Gasteiger partial charge is 0.416 e. The first-order chi connectivity index (χ1) is 17.2. The first kappa shape index (κ1) is 24.4. The van der Waals surface area contributed by atoms with E-state index in [2.05, 4.69) is 15.4 Å². The standard InChI is InChI=1S/C24H23ClF3N5O3/c25-19-8-14(7-18(10-19)24(26,27)28)13-36-23(35)32-5-3-16-11-33(12-17(16)4-6-32)22(34)15-1-2-20-21(9-15)30-31-29-20/h1-2,7-10,16-17H,3-6,11-13H2,(H,29,30,31)/t16-,17+. The van der Waals surface area contributed by atoms with Crippen LogP contribution in [0.15, 0.2) is 36.4 Å². The Balaban J connectivity index is 1.15. The van der Waals surface area contributed by atoms with Crippen molar-refractivity contribution in [1.82, 2.24) is 25.2 Å². The van der Waals surface area contributed by atoms with Crippen LogP contribution in [0.5, 0.6) is 0 Å². The van der Waals surface area contributed by atoms with Crippen LogP contribution in [0.25, 0.3) is 11.0 Å². The molecule has 8 nitrogen and oxygen atoms in total.